The quantitative estimate of drug-likeness (QED) is 0.275. The summed E-state index contributed by atoms with van der Waals surface area (Å²) in [5, 5.41) is 5.58. The standard InChI is InChI=1S/C28H25N6.6Y/c1-13-7-19(26-23(16(13)4)29-10-32-26)22(20-8-14(2)17(5)24-27(20)33-11-30-24)21-9-15(3)18(6)25-28(21)34-12-31-25;;;;;;/h22H,10-12H2,1-6H3;;;;;;/q-3;;;;;;. The van der Waals surface area contributed by atoms with Crippen molar-refractivity contribution in [2.45, 2.75) is 47.5 Å². The number of nitrogens with zero attached hydrogens (tertiary/aromatic N) is 6. The Bertz CT molecular complexity index is 1610. The first-order valence-electron chi connectivity index (χ1n) is 11.6. The van der Waals surface area contributed by atoms with Gasteiger partial charge in [-0.3, -0.25) is 15.0 Å². The molecular weight excluding hydrogens is 954 g/mol. The molecule has 6 rings (SSSR count). The fraction of sp³-hybridized carbons (Fsp3) is 0.357. The second-order valence-corrected chi connectivity index (χ2v) is 9.26. The minimum atomic E-state index is -0.250. The topological polar surface area (TPSA) is 74.2 Å². The van der Waals surface area contributed by atoms with Crippen molar-refractivity contribution >= 4 is 0 Å². The molecule has 3 aliphatic rings. The predicted octanol–water partition coefficient (Wildman–Crippen LogP) is 0.734. The molecule has 3 aliphatic heterocycles. The Kier molecular flexibility index (Phi) is 19.2. The largest absolute Gasteiger partial charge is 0.325 e. The minimum absolute atomic E-state index is 0. The molecule has 6 nitrogen and oxygen atoms in total. The fourth-order valence-electron chi connectivity index (χ4n) is 5.16. The Morgan fingerprint density at radius 2 is 0.625 bits per heavy atom. The van der Waals surface area contributed by atoms with Crippen LogP contribution in [0.2, 0.25) is 0 Å². The van der Waals surface area contributed by atoms with E-state index in [9.17, 15) is 0 Å². The molecule has 0 amide bonds. The van der Waals surface area contributed by atoms with Gasteiger partial charge in [-0.15, -0.1) is 33.4 Å². The van der Waals surface area contributed by atoms with Crippen LogP contribution in [0.4, 0.5) is 0 Å². The number of aryl methyl sites for hydroxylation is 3. The molecule has 3 heterocycles. The Morgan fingerprint density at radius 1 is 0.400 bits per heavy atom. The molecule has 12 heteroatoms. The molecule has 0 N–H and O–H groups in total. The zero-order valence-corrected chi connectivity index (χ0v) is 40.9. The van der Waals surface area contributed by atoms with E-state index in [0.29, 0.717) is 20.0 Å². The van der Waals surface area contributed by atoms with Gasteiger partial charge in [0.25, 0.3) is 0 Å². The second kappa shape index (κ2) is 17.8. The monoisotopic (exact) mass is 979 g/mol. The first-order valence-corrected chi connectivity index (χ1v) is 11.6. The van der Waals surface area contributed by atoms with Gasteiger partial charge in [0.1, 0.15) is 20.0 Å². The summed E-state index contributed by atoms with van der Waals surface area (Å²) in [4.78, 5) is 28.5. The molecule has 0 unspecified atom stereocenters. The van der Waals surface area contributed by atoms with Gasteiger partial charge in [0.2, 0.25) is 0 Å². The van der Waals surface area contributed by atoms with Crippen molar-refractivity contribution in [2.75, 3.05) is 20.0 Å². The van der Waals surface area contributed by atoms with Crippen LogP contribution >= 0.6 is 0 Å². The van der Waals surface area contributed by atoms with Gasteiger partial charge >= 0.3 is 0 Å². The van der Waals surface area contributed by atoms with E-state index in [1.54, 1.807) is 0 Å². The SMILES string of the molecule is Cc1[c-]c(C(c2[c-]c(C)c(C)c3c2=NCN=3)c2[c-]c(C)c(C)c3c2=NCN=3)c2c(c1C)=NCN=2.[Y].[Y].[Y].[Y].[Y].[Y]. The van der Waals surface area contributed by atoms with Gasteiger partial charge < -0.3 is 15.0 Å². The van der Waals surface area contributed by atoms with Gasteiger partial charge in [-0.05, 0) is 38.1 Å². The van der Waals surface area contributed by atoms with Gasteiger partial charge in [0.15, 0.2) is 0 Å². The Balaban J connectivity index is 0.00000253. The molecule has 0 aliphatic carbocycles. The molecule has 3 aromatic carbocycles. The zero-order chi connectivity index (χ0) is 23.7. The molecule has 0 saturated carbocycles. The van der Waals surface area contributed by atoms with Crippen LogP contribution in [0.3, 0.4) is 0 Å². The van der Waals surface area contributed by atoms with Crippen molar-refractivity contribution in [3.63, 3.8) is 0 Å². The molecule has 0 atom stereocenters. The number of hydrogen-bond acceptors (Lipinski definition) is 6. The van der Waals surface area contributed by atoms with E-state index >= 15 is 0 Å². The first kappa shape index (κ1) is 43.1. The summed E-state index contributed by atoms with van der Waals surface area (Å²) in [6, 6.07) is 11.1. The number of rotatable bonds is 3. The summed E-state index contributed by atoms with van der Waals surface area (Å²) in [7, 11) is 0. The zero-order valence-electron chi connectivity index (χ0n) is 23.8. The van der Waals surface area contributed by atoms with E-state index in [1.165, 1.54) is 0 Å². The van der Waals surface area contributed by atoms with Crippen LogP contribution < -0.4 is 32.1 Å². The average Bonchev–Trinajstić information content (AvgIpc) is 3.58. The molecule has 0 spiro atoms. The van der Waals surface area contributed by atoms with E-state index < -0.39 is 0 Å². The maximum atomic E-state index is 4.81. The maximum Gasteiger partial charge on any atom is 0.115 e. The van der Waals surface area contributed by atoms with E-state index in [-0.39, 0.29) is 202 Å². The van der Waals surface area contributed by atoms with Crippen LogP contribution in [-0.2, 0) is 196 Å². The average molecular weight is 979 g/mol. The van der Waals surface area contributed by atoms with Crippen LogP contribution in [0.25, 0.3) is 0 Å². The van der Waals surface area contributed by atoms with Crippen LogP contribution in [0, 0.1) is 59.7 Å². The number of hydrogen-bond donors (Lipinski definition) is 0. The molecule has 0 bridgehead atoms. The molecule has 0 saturated heterocycles. The van der Waals surface area contributed by atoms with E-state index in [4.69, 9.17) is 30.0 Å². The van der Waals surface area contributed by atoms with Gasteiger partial charge in [-0.2, -0.15) is 34.9 Å². The van der Waals surface area contributed by atoms with Crippen molar-refractivity contribution < 1.29 is 196 Å². The van der Waals surface area contributed by atoms with E-state index in [2.05, 4.69) is 59.7 Å². The molecule has 188 valence electrons. The summed E-state index contributed by atoms with van der Waals surface area (Å²) in [6.45, 7) is 13.9. The van der Waals surface area contributed by atoms with E-state index in [1.807, 2.05) is 0 Å². The summed E-state index contributed by atoms with van der Waals surface area (Å²) in [5.41, 5.74) is 9.53. The molecule has 3 aromatic rings. The third-order valence-corrected chi connectivity index (χ3v) is 7.40. The van der Waals surface area contributed by atoms with Gasteiger partial charge in [-0.25, -0.2) is 0 Å². The Labute approximate surface area is 386 Å². The molecule has 0 fully saturated rings. The van der Waals surface area contributed by atoms with Crippen LogP contribution in [0.15, 0.2) is 30.0 Å². The third-order valence-electron chi connectivity index (χ3n) is 7.40. The van der Waals surface area contributed by atoms with Crippen LogP contribution in [0.5, 0.6) is 0 Å². The van der Waals surface area contributed by atoms with Crippen LogP contribution in [-0.4, -0.2) is 20.0 Å². The fourth-order valence-corrected chi connectivity index (χ4v) is 5.16. The molecular formula is C28H25N6Y6-3. The predicted molar refractivity (Wildman–Crippen MR) is 127 cm³/mol. The molecule has 40 heavy (non-hydrogen) atoms. The smallest absolute Gasteiger partial charge is 0.115 e. The normalized spacial score (nSPS) is 12.7. The first-order chi connectivity index (χ1) is 16.4. The maximum absolute atomic E-state index is 4.81. The third kappa shape index (κ3) is 7.62. The Hall–Kier alpha value is 3.08. The van der Waals surface area contributed by atoms with E-state index in [0.717, 1.165) is 82.2 Å². The second-order valence-electron chi connectivity index (χ2n) is 9.26. The van der Waals surface area contributed by atoms with Gasteiger partial charge in [-0.1, -0.05) is 41.5 Å². The summed E-state index contributed by atoms with van der Waals surface area (Å²) >= 11 is 0. The Morgan fingerprint density at radius 3 is 0.875 bits per heavy atom. The van der Waals surface area contributed by atoms with Gasteiger partial charge in [0.05, 0.1) is 0 Å². The van der Waals surface area contributed by atoms with Crippen LogP contribution in [0.1, 0.15) is 56.0 Å². The van der Waals surface area contributed by atoms with Gasteiger partial charge in [0, 0.05) is 196 Å². The summed E-state index contributed by atoms with van der Waals surface area (Å²) in [5.74, 6) is -0.250. The number of benzene rings is 3. The minimum Gasteiger partial charge on any atom is -0.325 e. The van der Waals surface area contributed by atoms with Crippen molar-refractivity contribution in [3.05, 3.63) is 100 Å². The van der Waals surface area contributed by atoms with Crippen molar-refractivity contribution in [1.29, 1.82) is 0 Å². The molecule has 0 aromatic heterocycles. The van der Waals surface area contributed by atoms with Crippen molar-refractivity contribution in [1.82, 2.24) is 0 Å². The van der Waals surface area contributed by atoms with Crippen molar-refractivity contribution in [3.8, 4) is 0 Å². The summed E-state index contributed by atoms with van der Waals surface area (Å²) in [6.07, 6.45) is 0. The number of fused-ring (bicyclic) bond motifs is 3. The van der Waals surface area contributed by atoms with Crippen molar-refractivity contribution in [2.24, 2.45) is 30.0 Å². The molecule has 6 radical (unpaired) electrons. The summed E-state index contributed by atoms with van der Waals surface area (Å²) < 4.78 is 0.